The first-order valence-electron chi connectivity index (χ1n) is 10.6. The minimum atomic E-state index is -3.32. The molecule has 1 saturated heterocycles. The van der Waals surface area contributed by atoms with Gasteiger partial charge in [0.15, 0.2) is 0 Å². The van der Waals surface area contributed by atoms with E-state index in [0.717, 1.165) is 6.07 Å². The molecule has 1 unspecified atom stereocenters. The van der Waals surface area contributed by atoms with Crippen molar-refractivity contribution in [2.24, 2.45) is 5.92 Å². The molecular formula is C21H26N2O10S. The van der Waals surface area contributed by atoms with Gasteiger partial charge in [0.05, 0.1) is 29.3 Å². The van der Waals surface area contributed by atoms with E-state index in [2.05, 4.69) is 11.2 Å². The Kier molecular flexibility index (Phi) is 8.26. The molecule has 1 aliphatic carbocycles. The summed E-state index contributed by atoms with van der Waals surface area (Å²) in [7, 11) is 0. The molecule has 1 aliphatic heterocycles. The molecule has 2 amide bonds. The van der Waals surface area contributed by atoms with Crippen LogP contribution in [0.5, 0.6) is 0 Å². The number of aliphatic hydroxyl groups is 5. The van der Waals surface area contributed by atoms with E-state index in [4.69, 9.17) is 20.1 Å². The van der Waals surface area contributed by atoms with Crippen molar-refractivity contribution in [2.75, 3.05) is 18.1 Å². The third-order valence-electron chi connectivity index (χ3n) is 5.56. The van der Waals surface area contributed by atoms with E-state index in [-0.39, 0.29) is 36.1 Å². The highest BCUT2D eigenvalue weighted by Crippen LogP contribution is 2.35. The molecule has 1 saturated carbocycles. The molecule has 13 heteroatoms. The van der Waals surface area contributed by atoms with Crippen LogP contribution >= 0.6 is 11.3 Å². The van der Waals surface area contributed by atoms with E-state index >= 15 is 0 Å². The average molecular weight is 499 g/mol. The Bertz CT molecular complexity index is 978. The van der Waals surface area contributed by atoms with Gasteiger partial charge in [-0.15, -0.1) is 11.3 Å². The summed E-state index contributed by atoms with van der Waals surface area (Å²) < 4.78 is 5.19. The van der Waals surface area contributed by atoms with Crippen molar-refractivity contribution in [1.82, 2.24) is 5.32 Å². The van der Waals surface area contributed by atoms with E-state index in [1.807, 2.05) is 0 Å². The molecule has 0 aromatic carbocycles. The molecule has 3 rings (SSSR count). The first-order chi connectivity index (χ1) is 16.0. The fourth-order valence-electron chi connectivity index (χ4n) is 3.85. The maximum absolute atomic E-state index is 13.4. The van der Waals surface area contributed by atoms with Crippen molar-refractivity contribution in [2.45, 2.75) is 56.5 Å². The number of thiophene rings is 1. The lowest BCUT2D eigenvalue weighted by Gasteiger charge is -2.33. The summed E-state index contributed by atoms with van der Waals surface area (Å²) in [5, 5.41) is 59.9. The van der Waals surface area contributed by atoms with Crippen LogP contribution in [0, 0.1) is 17.8 Å². The topological polar surface area (TPSA) is 197 Å². The van der Waals surface area contributed by atoms with Crippen LogP contribution < -0.4 is 10.2 Å². The van der Waals surface area contributed by atoms with Crippen LogP contribution in [-0.2, 0) is 14.3 Å². The van der Waals surface area contributed by atoms with Gasteiger partial charge in [-0.1, -0.05) is 0 Å². The van der Waals surface area contributed by atoms with E-state index in [1.165, 1.54) is 0 Å². The minimum absolute atomic E-state index is 0.0670. The van der Waals surface area contributed by atoms with Crippen LogP contribution in [0.4, 0.5) is 5.69 Å². The SMILES string of the molecule is O=C(O)c1sc(C#CC(O)(O)O)cc1N(C(=O)C1CCC(O)CC1)[C@@H](O)C(=O)NC1CCOC1. The van der Waals surface area contributed by atoms with Crippen molar-refractivity contribution in [1.29, 1.82) is 0 Å². The van der Waals surface area contributed by atoms with E-state index < -0.39 is 46.9 Å². The van der Waals surface area contributed by atoms with Crippen LogP contribution in [0.1, 0.15) is 46.7 Å². The first-order valence-corrected chi connectivity index (χ1v) is 11.4. The lowest BCUT2D eigenvalue weighted by Crippen LogP contribution is -2.54. The fraction of sp³-hybridized carbons (Fsp3) is 0.571. The normalized spacial score (nSPS) is 23.5. The maximum atomic E-state index is 13.4. The number of carboxylic acids is 1. The van der Waals surface area contributed by atoms with Gasteiger partial charge < -0.3 is 40.7 Å². The smallest absolute Gasteiger partial charge is 0.348 e. The maximum Gasteiger partial charge on any atom is 0.348 e. The lowest BCUT2D eigenvalue weighted by atomic mass is 9.86. The monoisotopic (exact) mass is 498 g/mol. The van der Waals surface area contributed by atoms with Crippen LogP contribution in [0.25, 0.3) is 0 Å². The molecule has 2 aliphatic rings. The van der Waals surface area contributed by atoms with Crippen LogP contribution in [0.2, 0.25) is 0 Å². The van der Waals surface area contributed by atoms with Crippen molar-refractivity contribution in [3.63, 3.8) is 0 Å². The predicted octanol–water partition coefficient (Wildman–Crippen LogP) is -1.46. The Morgan fingerprint density at radius 2 is 1.85 bits per heavy atom. The second-order valence-electron chi connectivity index (χ2n) is 8.17. The third-order valence-corrected chi connectivity index (χ3v) is 6.59. The number of aliphatic hydroxyl groups excluding tert-OH is 2. The number of aromatic carboxylic acids is 1. The second-order valence-corrected chi connectivity index (χ2v) is 9.22. The summed E-state index contributed by atoms with van der Waals surface area (Å²) in [6, 6.07) is 0.732. The predicted molar refractivity (Wildman–Crippen MR) is 116 cm³/mol. The van der Waals surface area contributed by atoms with Crippen molar-refractivity contribution in [3.8, 4) is 11.8 Å². The second kappa shape index (κ2) is 10.8. The quantitative estimate of drug-likeness (QED) is 0.180. The molecule has 34 heavy (non-hydrogen) atoms. The van der Waals surface area contributed by atoms with E-state index in [0.29, 0.717) is 42.1 Å². The van der Waals surface area contributed by atoms with Crippen LogP contribution in [-0.4, -0.2) is 86.0 Å². The van der Waals surface area contributed by atoms with Gasteiger partial charge in [-0.25, -0.2) is 4.79 Å². The van der Waals surface area contributed by atoms with Gasteiger partial charge in [-0.2, -0.15) is 0 Å². The molecule has 186 valence electrons. The number of carboxylic acid groups (broad SMARTS) is 1. The number of nitrogens with zero attached hydrogens (tertiary/aromatic N) is 1. The zero-order valence-corrected chi connectivity index (χ0v) is 18.8. The summed E-state index contributed by atoms with van der Waals surface area (Å²) in [6.45, 7) is 0.655. The van der Waals surface area contributed by atoms with Crippen molar-refractivity contribution >= 4 is 34.8 Å². The molecular weight excluding hydrogens is 472 g/mol. The Morgan fingerprint density at radius 1 is 1.18 bits per heavy atom. The van der Waals surface area contributed by atoms with Gasteiger partial charge >= 0.3 is 11.9 Å². The molecule has 2 fully saturated rings. The van der Waals surface area contributed by atoms with Crippen LogP contribution in [0.15, 0.2) is 6.07 Å². The summed E-state index contributed by atoms with van der Waals surface area (Å²) >= 11 is 0.560. The number of nitrogens with one attached hydrogen (secondary N) is 1. The van der Waals surface area contributed by atoms with Crippen LogP contribution in [0.3, 0.4) is 0 Å². The highest BCUT2D eigenvalue weighted by molar-refractivity contribution is 7.15. The molecule has 2 heterocycles. The molecule has 12 nitrogen and oxygen atoms in total. The van der Waals surface area contributed by atoms with Gasteiger partial charge in [0.25, 0.3) is 5.91 Å². The zero-order valence-electron chi connectivity index (χ0n) is 18.0. The molecule has 0 spiro atoms. The third kappa shape index (κ3) is 6.51. The number of hydrogen-bond donors (Lipinski definition) is 7. The standard InChI is InChI=1S/C21H26N2O10S/c24-13-3-1-11(2-4-13)18(26)23(19(27)17(25)22-12-6-8-33-10-12)15-9-14(5-7-21(30,31)32)34-16(15)20(28)29/h9,11-13,19,24,27,30-32H,1-4,6,8,10H2,(H,22,25)(H,28,29)/t11?,12?,13?,19-/m0/s1. The molecule has 1 aromatic rings. The van der Waals surface area contributed by atoms with Gasteiger partial charge in [0.1, 0.15) is 4.88 Å². The minimum Gasteiger partial charge on any atom is -0.477 e. The first kappa shape index (κ1) is 26.0. The molecule has 1 aromatic heterocycles. The summed E-state index contributed by atoms with van der Waals surface area (Å²) in [4.78, 5) is 38.3. The summed E-state index contributed by atoms with van der Waals surface area (Å²) in [6.07, 6.45) is -0.891. The molecule has 0 radical (unpaired) electrons. The summed E-state index contributed by atoms with van der Waals surface area (Å²) in [5.41, 5.74) is -0.303. The van der Waals surface area contributed by atoms with Gasteiger partial charge in [0, 0.05) is 12.5 Å². The number of rotatable bonds is 6. The molecule has 0 bridgehead atoms. The number of hydrogen-bond acceptors (Lipinski definition) is 10. The molecule has 2 atom stereocenters. The largest absolute Gasteiger partial charge is 0.477 e. The van der Waals surface area contributed by atoms with E-state index in [9.17, 15) is 29.7 Å². The van der Waals surface area contributed by atoms with E-state index in [1.54, 1.807) is 5.92 Å². The number of carbonyl (C=O) groups is 3. The number of ether oxygens (including phenoxy) is 1. The summed E-state index contributed by atoms with van der Waals surface area (Å²) in [5.74, 6) is -3.19. The average Bonchev–Trinajstić information content (AvgIpc) is 3.42. The highest BCUT2D eigenvalue weighted by Gasteiger charge is 2.39. The van der Waals surface area contributed by atoms with Crippen molar-refractivity contribution < 1.29 is 49.8 Å². The highest BCUT2D eigenvalue weighted by atomic mass is 32.1. The Morgan fingerprint density at radius 3 is 2.41 bits per heavy atom. The lowest BCUT2D eigenvalue weighted by molar-refractivity contribution is -0.265. The van der Waals surface area contributed by atoms with Gasteiger partial charge in [-0.05, 0) is 50.0 Å². The Labute approximate surface area is 198 Å². The Balaban J connectivity index is 1.98. The zero-order chi connectivity index (χ0) is 25.0. The molecule has 7 N–H and O–H groups in total. The number of anilines is 1. The fourth-order valence-corrected chi connectivity index (χ4v) is 4.69. The Hall–Kier alpha value is -2.57. The van der Waals surface area contributed by atoms with Crippen molar-refractivity contribution in [3.05, 3.63) is 15.8 Å². The number of amides is 2. The number of carbonyl (C=O) groups excluding carboxylic acids is 2. The van der Waals surface area contributed by atoms with Gasteiger partial charge in [-0.3, -0.25) is 14.5 Å². The van der Waals surface area contributed by atoms with Gasteiger partial charge in [0.2, 0.25) is 12.1 Å².